The molecule has 0 aliphatic rings. The van der Waals surface area contributed by atoms with Gasteiger partial charge in [-0.15, -0.1) is 11.3 Å². The lowest BCUT2D eigenvalue weighted by atomic mass is 10.2. The number of para-hydroxylation sites is 1. The summed E-state index contributed by atoms with van der Waals surface area (Å²) in [5.41, 5.74) is 0.749. The van der Waals surface area contributed by atoms with Crippen molar-refractivity contribution in [2.75, 3.05) is 4.72 Å². The minimum absolute atomic E-state index is 0.0799. The molecule has 0 saturated carbocycles. The lowest BCUT2D eigenvalue weighted by Gasteiger charge is -2.09. The van der Waals surface area contributed by atoms with Crippen LogP contribution >= 0.6 is 22.9 Å². The Morgan fingerprint density at radius 2 is 2.00 bits per heavy atom. The van der Waals surface area contributed by atoms with Crippen molar-refractivity contribution in [3.8, 4) is 5.75 Å². The maximum atomic E-state index is 12.0. The van der Waals surface area contributed by atoms with E-state index in [2.05, 4.69) is 4.72 Å². The Bertz CT molecular complexity index is 679. The molecule has 1 aromatic heterocycles. The first-order valence-corrected chi connectivity index (χ1v) is 7.64. The zero-order valence-electron chi connectivity index (χ0n) is 9.34. The Morgan fingerprint density at radius 3 is 2.61 bits per heavy atom. The summed E-state index contributed by atoms with van der Waals surface area (Å²) in [7, 11) is -3.71. The van der Waals surface area contributed by atoms with Crippen molar-refractivity contribution in [1.29, 1.82) is 0 Å². The molecule has 0 aliphatic heterocycles. The summed E-state index contributed by atoms with van der Waals surface area (Å²) >= 11 is 6.66. The van der Waals surface area contributed by atoms with Gasteiger partial charge < -0.3 is 5.11 Å². The third kappa shape index (κ3) is 2.60. The second kappa shape index (κ2) is 4.79. The first kappa shape index (κ1) is 13.2. The minimum Gasteiger partial charge on any atom is -0.505 e. The molecule has 1 aromatic carbocycles. The molecule has 0 spiro atoms. The summed E-state index contributed by atoms with van der Waals surface area (Å²) in [4.78, 5) is 0. The fraction of sp³-hybridized carbons (Fsp3) is 0.0909. The Labute approximate surface area is 114 Å². The summed E-state index contributed by atoms with van der Waals surface area (Å²) in [6, 6.07) is 7.78. The fourth-order valence-electron chi connectivity index (χ4n) is 1.38. The van der Waals surface area contributed by atoms with E-state index in [1.807, 2.05) is 0 Å². The number of aryl methyl sites for hydroxylation is 1. The molecule has 2 N–H and O–H groups in total. The molecule has 0 unspecified atom stereocenters. The maximum absolute atomic E-state index is 12.0. The van der Waals surface area contributed by atoms with Crippen LogP contribution in [0.2, 0.25) is 4.34 Å². The van der Waals surface area contributed by atoms with Crippen molar-refractivity contribution in [2.24, 2.45) is 0 Å². The number of hydrogen-bond donors (Lipinski definition) is 2. The van der Waals surface area contributed by atoms with Gasteiger partial charge >= 0.3 is 0 Å². The van der Waals surface area contributed by atoms with E-state index >= 15 is 0 Å². The lowest BCUT2D eigenvalue weighted by Crippen LogP contribution is -2.11. The van der Waals surface area contributed by atoms with E-state index in [1.54, 1.807) is 19.1 Å². The first-order chi connectivity index (χ1) is 8.40. The van der Waals surface area contributed by atoms with Gasteiger partial charge in [-0.25, -0.2) is 8.42 Å². The second-order valence-electron chi connectivity index (χ2n) is 3.64. The summed E-state index contributed by atoms with van der Waals surface area (Å²) in [6.07, 6.45) is 0. The molecule has 0 atom stereocenters. The van der Waals surface area contributed by atoms with Gasteiger partial charge in [0.2, 0.25) is 0 Å². The smallest absolute Gasteiger partial charge is 0.271 e. The van der Waals surface area contributed by atoms with E-state index in [4.69, 9.17) is 11.6 Å². The fourth-order valence-corrected chi connectivity index (χ4v) is 3.93. The quantitative estimate of drug-likeness (QED) is 0.856. The number of hydrogen-bond acceptors (Lipinski definition) is 4. The largest absolute Gasteiger partial charge is 0.505 e. The Hall–Kier alpha value is -1.24. The number of halogens is 1. The number of phenolic OH excluding ortho intramolecular Hbond substituents is 1. The third-order valence-electron chi connectivity index (χ3n) is 2.30. The molecule has 0 fully saturated rings. The normalized spacial score (nSPS) is 11.4. The van der Waals surface area contributed by atoms with Gasteiger partial charge in [0.25, 0.3) is 10.0 Å². The number of aromatic hydroxyl groups is 1. The van der Waals surface area contributed by atoms with Crippen LogP contribution in [0.25, 0.3) is 0 Å². The van der Waals surface area contributed by atoms with Gasteiger partial charge in [0.05, 0.1) is 10.0 Å². The Kier molecular flexibility index (Phi) is 3.52. The molecular weight excluding hydrogens is 294 g/mol. The van der Waals surface area contributed by atoms with Crippen molar-refractivity contribution in [3.63, 3.8) is 0 Å². The van der Waals surface area contributed by atoms with Gasteiger partial charge in [-0.05, 0) is 30.7 Å². The van der Waals surface area contributed by atoms with E-state index < -0.39 is 10.0 Å². The van der Waals surface area contributed by atoms with Gasteiger partial charge in [0.1, 0.15) is 9.96 Å². The van der Waals surface area contributed by atoms with Crippen molar-refractivity contribution in [1.82, 2.24) is 0 Å². The number of thiophene rings is 1. The van der Waals surface area contributed by atoms with Crippen molar-refractivity contribution >= 4 is 38.6 Å². The Balaban J connectivity index is 2.37. The van der Waals surface area contributed by atoms with E-state index in [0.717, 1.165) is 11.3 Å². The van der Waals surface area contributed by atoms with E-state index in [0.29, 0.717) is 9.90 Å². The average Bonchev–Trinajstić information content (AvgIpc) is 2.72. The number of nitrogens with one attached hydrogen (secondary N) is 1. The van der Waals surface area contributed by atoms with Crippen LogP contribution < -0.4 is 4.72 Å². The van der Waals surface area contributed by atoms with Crippen LogP contribution in [-0.4, -0.2) is 13.5 Å². The number of benzene rings is 1. The molecular formula is C11H10ClNO3S2. The van der Waals surface area contributed by atoms with Crippen LogP contribution in [0.15, 0.2) is 34.5 Å². The highest BCUT2D eigenvalue weighted by molar-refractivity contribution is 7.94. The molecule has 96 valence electrons. The minimum atomic E-state index is -3.71. The monoisotopic (exact) mass is 303 g/mol. The van der Waals surface area contributed by atoms with E-state index in [-0.39, 0.29) is 15.6 Å². The molecule has 1 heterocycles. The molecule has 18 heavy (non-hydrogen) atoms. The topological polar surface area (TPSA) is 66.4 Å². The summed E-state index contributed by atoms with van der Waals surface area (Å²) in [5.74, 6) is -0.0799. The first-order valence-electron chi connectivity index (χ1n) is 4.97. The van der Waals surface area contributed by atoms with Crippen molar-refractivity contribution < 1.29 is 13.5 Å². The predicted molar refractivity (Wildman–Crippen MR) is 73.0 cm³/mol. The van der Waals surface area contributed by atoms with Crippen LogP contribution in [0.3, 0.4) is 0 Å². The zero-order chi connectivity index (χ0) is 13.3. The van der Waals surface area contributed by atoms with Gasteiger partial charge in [0, 0.05) is 0 Å². The van der Waals surface area contributed by atoms with Crippen molar-refractivity contribution in [3.05, 3.63) is 40.2 Å². The molecule has 0 saturated heterocycles. The van der Waals surface area contributed by atoms with Crippen LogP contribution in [-0.2, 0) is 10.0 Å². The van der Waals surface area contributed by atoms with E-state index in [9.17, 15) is 13.5 Å². The zero-order valence-corrected chi connectivity index (χ0v) is 11.7. The number of phenols is 1. The Morgan fingerprint density at radius 1 is 1.28 bits per heavy atom. The average molecular weight is 304 g/mol. The molecule has 0 amide bonds. The van der Waals surface area contributed by atoms with E-state index in [1.165, 1.54) is 18.2 Å². The van der Waals surface area contributed by atoms with Gasteiger partial charge in [-0.2, -0.15) is 0 Å². The van der Waals surface area contributed by atoms with Gasteiger partial charge in [-0.3, -0.25) is 4.72 Å². The van der Waals surface area contributed by atoms with Crippen LogP contribution in [0.4, 0.5) is 5.69 Å². The predicted octanol–water partition coefficient (Wildman–Crippen LogP) is 3.22. The number of sulfonamides is 1. The molecule has 4 nitrogen and oxygen atoms in total. The summed E-state index contributed by atoms with van der Waals surface area (Å²) in [5, 5.41) is 9.76. The highest BCUT2D eigenvalue weighted by Gasteiger charge is 2.18. The maximum Gasteiger partial charge on any atom is 0.271 e. The third-order valence-corrected chi connectivity index (χ3v) is 5.38. The standard InChI is InChI=1S/C11H10ClNO3S2/c1-7-3-2-4-8(11(7)14)13-18(15,16)10-6-5-9(12)17-10/h2-6,13-14H,1H3. The van der Waals surface area contributed by atoms with Crippen LogP contribution in [0.1, 0.15) is 5.56 Å². The van der Waals surface area contributed by atoms with Gasteiger partial charge in [0.15, 0.2) is 0 Å². The number of anilines is 1. The molecule has 0 radical (unpaired) electrons. The summed E-state index contributed by atoms with van der Waals surface area (Å²) < 4.78 is 26.8. The van der Waals surface area contributed by atoms with Crippen LogP contribution in [0.5, 0.6) is 5.75 Å². The lowest BCUT2D eigenvalue weighted by molar-refractivity contribution is 0.473. The highest BCUT2D eigenvalue weighted by Crippen LogP contribution is 2.31. The molecule has 2 aromatic rings. The second-order valence-corrected chi connectivity index (χ2v) is 7.26. The van der Waals surface area contributed by atoms with Crippen LogP contribution in [0, 0.1) is 6.92 Å². The molecule has 0 bridgehead atoms. The van der Waals surface area contributed by atoms with Gasteiger partial charge in [-0.1, -0.05) is 23.7 Å². The highest BCUT2D eigenvalue weighted by atomic mass is 35.5. The summed E-state index contributed by atoms with van der Waals surface area (Å²) in [6.45, 7) is 1.69. The number of rotatable bonds is 3. The molecule has 0 aliphatic carbocycles. The molecule has 2 rings (SSSR count). The molecule has 7 heteroatoms. The van der Waals surface area contributed by atoms with Crippen molar-refractivity contribution in [2.45, 2.75) is 11.1 Å². The SMILES string of the molecule is Cc1cccc(NS(=O)(=O)c2ccc(Cl)s2)c1O.